The number of benzene rings is 3. The Labute approximate surface area is 210 Å². The molecule has 0 radical (unpaired) electrons. The van der Waals surface area contributed by atoms with Gasteiger partial charge in [-0.3, -0.25) is 14.5 Å². The highest BCUT2D eigenvalue weighted by Gasteiger charge is 2.47. The number of methoxy groups -OCH3 is 1. The van der Waals surface area contributed by atoms with Crippen molar-refractivity contribution in [3.05, 3.63) is 94.5 Å². The van der Waals surface area contributed by atoms with Gasteiger partial charge in [0.2, 0.25) is 0 Å². The molecule has 1 aliphatic rings. The topological polar surface area (TPSA) is 70.1 Å². The van der Waals surface area contributed by atoms with E-state index in [2.05, 4.69) is 18.7 Å². The summed E-state index contributed by atoms with van der Waals surface area (Å²) in [5, 5.41) is 11.7. The maximum Gasteiger partial charge on any atom is 0.300 e. The molecule has 1 N–H and O–H groups in total. The summed E-state index contributed by atoms with van der Waals surface area (Å²) >= 11 is 6.21. The summed E-state index contributed by atoms with van der Waals surface area (Å²) in [7, 11) is 1.55. The van der Waals surface area contributed by atoms with Crippen molar-refractivity contribution < 1.29 is 19.4 Å². The molecule has 1 saturated heterocycles. The van der Waals surface area contributed by atoms with Gasteiger partial charge < -0.3 is 14.7 Å². The molecule has 1 amide bonds. The van der Waals surface area contributed by atoms with E-state index in [1.807, 2.05) is 24.3 Å². The van der Waals surface area contributed by atoms with Crippen LogP contribution in [0.2, 0.25) is 5.02 Å². The summed E-state index contributed by atoms with van der Waals surface area (Å²) in [5.41, 5.74) is 2.66. The lowest BCUT2D eigenvalue weighted by Crippen LogP contribution is -2.29. The molecule has 3 aromatic rings. The highest BCUT2D eigenvalue weighted by Crippen LogP contribution is 2.43. The first-order chi connectivity index (χ1) is 16.9. The summed E-state index contributed by atoms with van der Waals surface area (Å²) in [6.45, 7) is 5.88. The number of aliphatic hydroxyl groups is 1. The van der Waals surface area contributed by atoms with Gasteiger partial charge in [-0.05, 0) is 74.0 Å². The molecule has 180 valence electrons. The van der Waals surface area contributed by atoms with Crippen molar-refractivity contribution in [3.63, 3.8) is 0 Å². The van der Waals surface area contributed by atoms with Crippen molar-refractivity contribution in [2.24, 2.45) is 0 Å². The Morgan fingerprint density at radius 3 is 2.23 bits per heavy atom. The van der Waals surface area contributed by atoms with Gasteiger partial charge >= 0.3 is 0 Å². The Morgan fingerprint density at radius 1 is 1.00 bits per heavy atom. The number of amides is 1. The van der Waals surface area contributed by atoms with E-state index in [4.69, 9.17) is 16.3 Å². The van der Waals surface area contributed by atoms with Gasteiger partial charge in [0.1, 0.15) is 11.5 Å². The highest BCUT2D eigenvalue weighted by molar-refractivity contribution is 6.51. The van der Waals surface area contributed by atoms with Crippen molar-refractivity contribution in [1.82, 2.24) is 0 Å². The minimum absolute atomic E-state index is 0.0238. The fourth-order valence-electron chi connectivity index (χ4n) is 4.40. The van der Waals surface area contributed by atoms with Crippen LogP contribution in [0.15, 0.2) is 78.4 Å². The van der Waals surface area contributed by atoms with E-state index < -0.39 is 17.7 Å². The molecule has 0 bridgehead atoms. The minimum atomic E-state index is -0.818. The molecular formula is C28H27ClN2O4. The Hall–Kier alpha value is -3.77. The van der Waals surface area contributed by atoms with E-state index in [9.17, 15) is 14.7 Å². The minimum Gasteiger partial charge on any atom is -0.507 e. The van der Waals surface area contributed by atoms with Crippen molar-refractivity contribution in [2.45, 2.75) is 19.9 Å². The quantitative estimate of drug-likeness (QED) is 0.257. The lowest BCUT2D eigenvalue weighted by atomic mass is 9.95. The van der Waals surface area contributed by atoms with Crippen LogP contribution in [0.5, 0.6) is 5.75 Å². The van der Waals surface area contributed by atoms with Gasteiger partial charge in [0.25, 0.3) is 11.7 Å². The van der Waals surface area contributed by atoms with Crippen LogP contribution in [0.4, 0.5) is 11.4 Å². The van der Waals surface area contributed by atoms with Crippen LogP contribution in [0.25, 0.3) is 5.76 Å². The van der Waals surface area contributed by atoms with Gasteiger partial charge in [-0.15, -0.1) is 0 Å². The number of ketones is 1. The summed E-state index contributed by atoms with van der Waals surface area (Å²) in [6.07, 6.45) is 0. The molecule has 7 heteroatoms. The molecular weight excluding hydrogens is 464 g/mol. The molecule has 0 spiro atoms. The second-order valence-electron chi connectivity index (χ2n) is 8.14. The number of rotatable bonds is 7. The number of nitrogens with zero attached hydrogens (tertiary/aromatic N) is 2. The zero-order valence-corrected chi connectivity index (χ0v) is 20.6. The zero-order valence-electron chi connectivity index (χ0n) is 19.9. The smallest absolute Gasteiger partial charge is 0.300 e. The van der Waals surface area contributed by atoms with E-state index in [-0.39, 0.29) is 11.3 Å². The van der Waals surface area contributed by atoms with Crippen molar-refractivity contribution in [3.8, 4) is 5.75 Å². The van der Waals surface area contributed by atoms with Crippen LogP contribution < -0.4 is 14.5 Å². The molecule has 1 heterocycles. The second kappa shape index (κ2) is 10.2. The molecule has 0 aromatic heterocycles. The van der Waals surface area contributed by atoms with Crippen molar-refractivity contribution in [2.75, 3.05) is 30.0 Å². The predicted octanol–water partition coefficient (Wildman–Crippen LogP) is 5.82. The van der Waals surface area contributed by atoms with Crippen molar-refractivity contribution >= 4 is 40.4 Å². The predicted molar refractivity (Wildman–Crippen MR) is 139 cm³/mol. The molecule has 1 fully saturated rings. The van der Waals surface area contributed by atoms with E-state index >= 15 is 0 Å². The Kier molecular flexibility index (Phi) is 7.12. The largest absolute Gasteiger partial charge is 0.507 e. The van der Waals surface area contributed by atoms with Crippen molar-refractivity contribution in [1.29, 1.82) is 0 Å². The average molecular weight is 491 g/mol. The third kappa shape index (κ3) is 4.62. The Morgan fingerprint density at radius 2 is 1.66 bits per heavy atom. The summed E-state index contributed by atoms with van der Waals surface area (Å²) in [5.74, 6) is -1.10. The Balaban J connectivity index is 1.88. The maximum atomic E-state index is 13.3. The molecule has 1 aliphatic heterocycles. The monoisotopic (exact) mass is 490 g/mol. The molecule has 0 saturated carbocycles. The van der Waals surface area contributed by atoms with Crippen LogP contribution in [0, 0.1) is 0 Å². The summed E-state index contributed by atoms with van der Waals surface area (Å²) in [4.78, 5) is 30.2. The third-order valence-corrected chi connectivity index (χ3v) is 6.47. The fraction of sp³-hybridized carbons (Fsp3) is 0.214. The van der Waals surface area contributed by atoms with Crippen LogP contribution in [-0.4, -0.2) is 37.0 Å². The van der Waals surface area contributed by atoms with Gasteiger partial charge in [-0.1, -0.05) is 29.8 Å². The molecule has 1 unspecified atom stereocenters. The second-order valence-corrected chi connectivity index (χ2v) is 8.58. The first-order valence-electron chi connectivity index (χ1n) is 11.5. The lowest BCUT2D eigenvalue weighted by molar-refractivity contribution is -0.132. The highest BCUT2D eigenvalue weighted by atomic mass is 35.5. The fourth-order valence-corrected chi connectivity index (χ4v) is 4.59. The number of hydrogen-bond donors (Lipinski definition) is 1. The maximum absolute atomic E-state index is 13.3. The number of carbonyl (C=O) groups excluding carboxylic acids is 2. The summed E-state index contributed by atoms with van der Waals surface area (Å²) < 4.78 is 5.19. The number of carbonyl (C=O) groups is 2. The number of anilines is 2. The standard InChI is InChI=1S/C28H27ClN2O4/c1-4-30(5-2)21-13-9-18(10-14-21)25-24(26(32)19-11-15-23(35-3)16-12-19)27(33)28(34)31(25)22-8-6-7-20(29)17-22/h6-17,25,32H,4-5H2,1-3H3/b26-24+. The van der Waals surface area contributed by atoms with Crippen LogP contribution in [0.3, 0.4) is 0 Å². The van der Waals surface area contributed by atoms with Crippen LogP contribution >= 0.6 is 11.6 Å². The van der Waals surface area contributed by atoms with Gasteiger partial charge in [-0.2, -0.15) is 0 Å². The molecule has 0 aliphatic carbocycles. The molecule has 1 atom stereocenters. The first kappa shape index (κ1) is 24.4. The average Bonchev–Trinajstić information content (AvgIpc) is 3.15. The van der Waals surface area contributed by atoms with Gasteiger partial charge in [0.05, 0.1) is 18.7 Å². The van der Waals surface area contributed by atoms with Gasteiger partial charge in [0.15, 0.2) is 0 Å². The lowest BCUT2D eigenvalue weighted by Gasteiger charge is -2.27. The number of ether oxygens (including phenoxy) is 1. The van der Waals surface area contributed by atoms with E-state index in [0.717, 1.165) is 18.8 Å². The van der Waals surface area contributed by atoms with Gasteiger partial charge in [-0.25, -0.2) is 0 Å². The molecule has 4 rings (SSSR count). The first-order valence-corrected chi connectivity index (χ1v) is 11.8. The normalized spacial score (nSPS) is 17.0. The number of halogens is 1. The van der Waals surface area contributed by atoms with Crippen LogP contribution in [0.1, 0.15) is 31.0 Å². The van der Waals surface area contributed by atoms with E-state index in [0.29, 0.717) is 27.6 Å². The third-order valence-electron chi connectivity index (χ3n) is 6.23. The number of hydrogen-bond acceptors (Lipinski definition) is 5. The van der Waals surface area contributed by atoms with E-state index in [1.165, 1.54) is 4.90 Å². The van der Waals surface area contributed by atoms with Crippen LogP contribution in [-0.2, 0) is 9.59 Å². The molecule has 35 heavy (non-hydrogen) atoms. The molecule has 3 aromatic carbocycles. The Bertz CT molecular complexity index is 1260. The molecule has 6 nitrogen and oxygen atoms in total. The van der Waals surface area contributed by atoms with E-state index in [1.54, 1.807) is 55.6 Å². The number of Topliss-reactive ketones (excluding diaryl/α,β-unsaturated/α-hetero) is 1. The van der Waals surface area contributed by atoms with Gasteiger partial charge in [0, 0.05) is 35.1 Å². The number of aliphatic hydroxyl groups excluding tert-OH is 1. The SMILES string of the molecule is CCN(CC)c1ccc(C2/C(=C(\O)c3ccc(OC)cc3)C(=O)C(=O)N2c2cccc(Cl)c2)cc1. The zero-order chi connectivity index (χ0) is 25.1. The summed E-state index contributed by atoms with van der Waals surface area (Å²) in [6, 6.07) is 20.4.